The molecular formula is C16H15NO3S. The van der Waals surface area contributed by atoms with Crippen LogP contribution in [0, 0.1) is 11.3 Å². The zero-order valence-electron chi connectivity index (χ0n) is 11.6. The van der Waals surface area contributed by atoms with Crippen LogP contribution in [0.15, 0.2) is 53.4 Å². The summed E-state index contributed by atoms with van der Waals surface area (Å²) in [6.45, 7) is 0.343. The van der Waals surface area contributed by atoms with E-state index in [1.807, 2.05) is 18.2 Å². The fourth-order valence-electron chi connectivity index (χ4n) is 1.72. The molecule has 2 aromatic carbocycles. The number of methoxy groups -OCH3 is 1. The van der Waals surface area contributed by atoms with Crippen LogP contribution in [0.25, 0.3) is 0 Å². The summed E-state index contributed by atoms with van der Waals surface area (Å²) >= 11 is 0. The SMILES string of the molecule is COc1cccc(S(=O)CCOc2ccc(C#N)cc2)c1. The fourth-order valence-corrected chi connectivity index (χ4v) is 2.67. The van der Waals surface area contributed by atoms with E-state index in [-0.39, 0.29) is 0 Å². The Hall–Kier alpha value is -2.32. The van der Waals surface area contributed by atoms with Crippen molar-refractivity contribution in [3.05, 3.63) is 54.1 Å². The highest BCUT2D eigenvalue weighted by molar-refractivity contribution is 7.85. The summed E-state index contributed by atoms with van der Waals surface area (Å²) in [4.78, 5) is 0.720. The lowest BCUT2D eigenvalue weighted by molar-refractivity contribution is 0.342. The van der Waals surface area contributed by atoms with E-state index in [0.717, 1.165) is 4.90 Å². The van der Waals surface area contributed by atoms with Crippen LogP contribution < -0.4 is 9.47 Å². The molecule has 0 aromatic heterocycles. The molecule has 0 N–H and O–H groups in total. The molecule has 0 fully saturated rings. The van der Waals surface area contributed by atoms with Crippen molar-refractivity contribution in [1.82, 2.24) is 0 Å². The lowest BCUT2D eigenvalue weighted by Gasteiger charge is -2.07. The van der Waals surface area contributed by atoms with Crippen molar-refractivity contribution in [3.8, 4) is 17.6 Å². The van der Waals surface area contributed by atoms with Gasteiger partial charge in [0.2, 0.25) is 0 Å². The standard InChI is InChI=1S/C16H15NO3S/c1-19-15-3-2-4-16(11-15)21(18)10-9-20-14-7-5-13(12-17)6-8-14/h2-8,11H,9-10H2,1H3. The van der Waals surface area contributed by atoms with Crippen LogP contribution in [0.3, 0.4) is 0 Å². The van der Waals surface area contributed by atoms with Crippen LogP contribution in [0.5, 0.6) is 11.5 Å². The first kappa shape index (κ1) is 15.1. The first-order valence-corrected chi connectivity index (χ1v) is 7.70. The topological polar surface area (TPSA) is 59.3 Å². The van der Waals surface area contributed by atoms with Gasteiger partial charge < -0.3 is 9.47 Å². The maximum atomic E-state index is 12.1. The van der Waals surface area contributed by atoms with Gasteiger partial charge in [-0.05, 0) is 42.5 Å². The second-order valence-corrected chi connectivity index (χ2v) is 5.78. The summed E-state index contributed by atoms with van der Waals surface area (Å²) in [5, 5.41) is 8.70. The lowest BCUT2D eigenvalue weighted by Crippen LogP contribution is -2.08. The van der Waals surface area contributed by atoms with Crippen molar-refractivity contribution in [3.63, 3.8) is 0 Å². The smallest absolute Gasteiger partial charge is 0.120 e. The van der Waals surface area contributed by atoms with E-state index < -0.39 is 10.8 Å². The van der Waals surface area contributed by atoms with Crippen LogP contribution in [0.1, 0.15) is 5.56 Å². The van der Waals surface area contributed by atoms with Gasteiger partial charge in [-0.1, -0.05) is 6.07 Å². The van der Waals surface area contributed by atoms with E-state index in [2.05, 4.69) is 0 Å². The highest BCUT2D eigenvalue weighted by atomic mass is 32.2. The molecule has 5 heteroatoms. The molecular weight excluding hydrogens is 286 g/mol. The van der Waals surface area contributed by atoms with Crippen molar-refractivity contribution in [1.29, 1.82) is 5.26 Å². The van der Waals surface area contributed by atoms with E-state index in [1.54, 1.807) is 43.5 Å². The molecule has 2 rings (SSSR count). The quantitative estimate of drug-likeness (QED) is 0.823. The largest absolute Gasteiger partial charge is 0.497 e. The first-order valence-electron chi connectivity index (χ1n) is 6.38. The van der Waals surface area contributed by atoms with Gasteiger partial charge in [0.15, 0.2) is 0 Å². The molecule has 0 bridgehead atoms. The molecule has 4 nitrogen and oxygen atoms in total. The summed E-state index contributed by atoms with van der Waals surface area (Å²) in [6.07, 6.45) is 0. The first-order chi connectivity index (χ1) is 10.2. The second kappa shape index (κ2) is 7.46. The third-order valence-electron chi connectivity index (χ3n) is 2.82. The minimum Gasteiger partial charge on any atom is -0.497 e. The second-order valence-electron chi connectivity index (χ2n) is 4.21. The molecule has 21 heavy (non-hydrogen) atoms. The average Bonchev–Trinajstić information content (AvgIpc) is 2.55. The maximum absolute atomic E-state index is 12.1. The van der Waals surface area contributed by atoms with Crippen LogP contribution in [-0.2, 0) is 10.8 Å². The third-order valence-corrected chi connectivity index (χ3v) is 4.14. The monoisotopic (exact) mass is 301 g/mol. The Morgan fingerprint density at radius 1 is 1.14 bits per heavy atom. The lowest BCUT2D eigenvalue weighted by atomic mass is 10.2. The molecule has 0 heterocycles. The number of nitrogens with zero attached hydrogens (tertiary/aromatic N) is 1. The van der Waals surface area contributed by atoms with Crippen LogP contribution in [-0.4, -0.2) is 23.7 Å². The summed E-state index contributed by atoms with van der Waals surface area (Å²) in [7, 11) is 0.447. The number of hydrogen-bond donors (Lipinski definition) is 0. The predicted molar refractivity (Wildman–Crippen MR) is 80.9 cm³/mol. The Balaban J connectivity index is 1.87. The number of rotatable bonds is 6. The van der Waals surface area contributed by atoms with E-state index in [4.69, 9.17) is 14.7 Å². The van der Waals surface area contributed by atoms with Gasteiger partial charge in [-0.25, -0.2) is 0 Å². The molecule has 0 amide bonds. The molecule has 0 aliphatic carbocycles. The summed E-state index contributed by atoms with van der Waals surface area (Å²) in [5.41, 5.74) is 0.585. The number of ether oxygens (including phenoxy) is 2. The predicted octanol–water partition coefficient (Wildman–Crippen LogP) is 2.75. The summed E-state index contributed by atoms with van der Waals surface area (Å²) < 4.78 is 22.8. The number of hydrogen-bond acceptors (Lipinski definition) is 4. The number of nitriles is 1. The number of benzene rings is 2. The summed E-state index contributed by atoms with van der Waals surface area (Å²) in [5.74, 6) is 1.75. The highest BCUT2D eigenvalue weighted by Crippen LogP contribution is 2.16. The zero-order chi connectivity index (χ0) is 15.1. The minimum absolute atomic E-state index is 0.343. The van der Waals surface area contributed by atoms with E-state index in [1.165, 1.54) is 0 Å². The Morgan fingerprint density at radius 2 is 1.90 bits per heavy atom. The average molecular weight is 301 g/mol. The van der Waals surface area contributed by atoms with Crippen molar-refractivity contribution < 1.29 is 13.7 Å². The van der Waals surface area contributed by atoms with E-state index in [0.29, 0.717) is 29.4 Å². The van der Waals surface area contributed by atoms with Gasteiger partial charge in [0.25, 0.3) is 0 Å². The summed E-state index contributed by atoms with van der Waals surface area (Å²) in [6, 6.07) is 16.1. The fraction of sp³-hybridized carbons (Fsp3) is 0.188. The molecule has 0 saturated carbocycles. The van der Waals surface area contributed by atoms with Crippen molar-refractivity contribution in [2.45, 2.75) is 4.90 Å². The van der Waals surface area contributed by atoms with Crippen LogP contribution >= 0.6 is 0 Å². The molecule has 108 valence electrons. The van der Waals surface area contributed by atoms with E-state index in [9.17, 15) is 4.21 Å². The van der Waals surface area contributed by atoms with Gasteiger partial charge in [-0.15, -0.1) is 0 Å². The Kier molecular flexibility index (Phi) is 5.35. The van der Waals surface area contributed by atoms with E-state index >= 15 is 0 Å². The normalized spacial score (nSPS) is 11.4. The highest BCUT2D eigenvalue weighted by Gasteiger charge is 2.05. The molecule has 1 atom stereocenters. The molecule has 0 saturated heterocycles. The zero-order valence-corrected chi connectivity index (χ0v) is 12.4. The Bertz CT molecular complexity index is 662. The molecule has 0 aliphatic rings. The maximum Gasteiger partial charge on any atom is 0.120 e. The third kappa shape index (κ3) is 4.33. The van der Waals surface area contributed by atoms with Gasteiger partial charge in [-0.2, -0.15) is 5.26 Å². The van der Waals surface area contributed by atoms with Crippen molar-refractivity contribution in [2.75, 3.05) is 19.5 Å². The molecule has 2 aromatic rings. The Morgan fingerprint density at radius 3 is 2.57 bits per heavy atom. The molecule has 0 spiro atoms. The van der Waals surface area contributed by atoms with Crippen molar-refractivity contribution >= 4 is 10.8 Å². The minimum atomic E-state index is -1.13. The molecule has 0 radical (unpaired) electrons. The Labute approximate surface area is 126 Å². The molecule has 0 aliphatic heterocycles. The van der Waals surface area contributed by atoms with Gasteiger partial charge in [0.05, 0.1) is 35.3 Å². The van der Waals surface area contributed by atoms with Gasteiger partial charge >= 0.3 is 0 Å². The molecule has 1 unspecified atom stereocenters. The van der Waals surface area contributed by atoms with Crippen molar-refractivity contribution in [2.24, 2.45) is 0 Å². The van der Waals surface area contributed by atoms with Crippen LogP contribution in [0.2, 0.25) is 0 Å². The van der Waals surface area contributed by atoms with Crippen LogP contribution in [0.4, 0.5) is 0 Å². The van der Waals surface area contributed by atoms with Gasteiger partial charge in [-0.3, -0.25) is 4.21 Å². The van der Waals surface area contributed by atoms with Gasteiger partial charge in [0.1, 0.15) is 18.1 Å². The van der Waals surface area contributed by atoms with Gasteiger partial charge in [0, 0.05) is 4.90 Å².